The maximum atomic E-state index is 11.6. The molecule has 2 aromatic rings. The van der Waals surface area contributed by atoms with E-state index in [9.17, 15) is 9.59 Å². The van der Waals surface area contributed by atoms with Gasteiger partial charge < -0.3 is 0 Å². The molecule has 0 spiro atoms. The Morgan fingerprint density at radius 1 is 1.29 bits per heavy atom. The van der Waals surface area contributed by atoms with Crippen molar-refractivity contribution in [2.24, 2.45) is 0 Å². The molecule has 0 amide bonds. The lowest BCUT2D eigenvalue weighted by molar-refractivity contribution is 0.680. The molecule has 2 aromatic heterocycles. The van der Waals surface area contributed by atoms with Gasteiger partial charge in [-0.1, -0.05) is 0 Å². The van der Waals surface area contributed by atoms with E-state index in [0.717, 1.165) is 25.0 Å². The summed E-state index contributed by atoms with van der Waals surface area (Å²) in [5, 5.41) is 0.651. The summed E-state index contributed by atoms with van der Waals surface area (Å²) in [5.41, 5.74) is 0.297. The average molecular weight is 249 g/mol. The van der Waals surface area contributed by atoms with Crippen LogP contribution < -0.4 is 11.2 Å². The standard InChI is InChI=1S/C11H11N3O2S/c15-9-5-6-14(10(16)13-9)11-12-7-3-1-2-4-8(7)17-11/h5-6H,1-4H2,(H,13,15,16). The molecule has 0 radical (unpaired) electrons. The monoisotopic (exact) mass is 249 g/mol. The zero-order valence-electron chi connectivity index (χ0n) is 9.10. The van der Waals surface area contributed by atoms with Gasteiger partial charge in [-0.2, -0.15) is 0 Å². The minimum Gasteiger partial charge on any atom is -0.274 e. The first kappa shape index (κ1) is 10.5. The van der Waals surface area contributed by atoms with Gasteiger partial charge in [0.2, 0.25) is 0 Å². The van der Waals surface area contributed by atoms with E-state index in [2.05, 4.69) is 9.97 Å². The van der Waals surface area contributed by atoms with Gasteiger partial charge in [0.25, 0.3) is 5.56 Å². The van der Waals surface area contributed by atoms with Crippen LogP contribution in [0, 0.1) is 0 Å². The summed E-state index contributed by atoms with van der Waals surface area (Å²) in [6.07, 6.45) is 5.87. The van der Waals surface area contributed by atoms with E-state index < -0.39 is 5.69 Å². The van der Waals surface area contributed by atoms with Gasteiger partial charge in [0.1, 0.15) is 0 Å². The quantitative estimate of drug-likeness (QED) is 0.815. The molecule has 1 N–H and O–H groups in total. The molecule has 6 heteroatoms. The van der Waals surface area contributed by atoms with E-state index in [4.69, 9.17) is 0 Å². The fourth-order valence-electron chi connectivity index (χ4n) is 2.01. The summed E-state index contributed by atoms with van der Waals surface area (Å²) in [4.78, 5) is 30.6. The Morgan fingerprint density at radius 3 is 2.88 bits per heavy atom. The second kappa shape index (κ2) is 3.96. The number of aryl methyl sites for hydroxylation is 2. The van der Waals surface area contributed by atoms with E-state index in [1.165, 1.54) is 39.5 Å². The first-order chi connectivity index (χ1) is 8.24. The lowest BCUT2D eigenvalue weighted by atomic mass is 10.0. The Balaban J connectivity index is 2.12. The molecular formula is C11H11N3O2S. The van der Waals surface area contributed by atoms with E-state index in [1.807, 2.05) is 0 Å². The van der Waals surface area contributed by atoms with E-state index in [-0.39, 0.29) is 5.56 Å². The van der Waals surface area contributed by atoms with Crippen LogP contribution in [0.2, 0.25) is 0 Å². The van der Waals surface area contributed by atoms with Crippen LogP contribution in [0.3, 0.4) is 0 Å². The second-order valence-electron chi connectivity index (χ2n) is 4.05. The summed E-state index contributed by atoms with van der Waals surface area (Å²) in [5.74, 6) is 0. The SMILES string of the molecule is O=c1ccn(-c2nc3c(s2)CCCC3)c(=O)[nH]1. The topological polar surface area (TPSA) is 67.8 Å². The van der Waals surface area contributed by atoms with E-state index in [0.29, 0.717) is 5.13 Å². The number of nitrogens with one attached hydrogen (secondary N) is 1. The lowest BCUT2D eigenvalue weighted by Crippen LogP contribution is -2.27. The molecule has 0 saturated heterocycles. The first-order valence-electron chi connectivity index (χ1n) is 5.55. The minimum absolute atomic E-state index is 0.382. The number of rotatable bonds is 1. The summed E-state index contributed by atoms with van der Waals surface area (Å²) in [6, 6.07) is 1.34. The highest BCUT2D eigenvalue weighted by molar-refractivity contribution is 7.14. The summed E-state index contributed by atoms with van der Waals surface area (Å²) in [6.45, 7) is 0. The number of fused-ring (bicyclic) bond motifs is 1. The number of nitrogens with zero attached hydrogens (tertiary/aromatic N) is 2. The Bertz CT molecular complexity index is 644. The molecule has 0 fully saturated rings. The summed E-state index contributed by atoms with van der Waals surface area (Å²) < 4.78 is 1.39. The number of H-pyrrole nitrogens is 1. The van der Waals surface area contributed by atoms with Crippen molar-refractivity contribution in [3.63, 3.8) is 0 Å². The van der Waals surface area contributed by atoms with E-state index >= 15 is 0 Å². The molecule has 0 aliphatic heterocycles. The molecule has 0 unspecified atom stereocenters. The molecule has 88 valence electrons. The molecule has 0 saturated carbocycles. The molecule has 0 bridgehead atoms. The molecule has 0 atom stereocenters. The summed E-state index contributed by atoms with van der Waals surface area (Å²) >= 11 is 1.54. The van der Waals surface area contributed by atoms with Gasteiger partial charge in [-0.05, 0) is 25.7 Å². The number of aromatic nitrogens is 3. The predicted molar refractivity (Wildman–Crippen MR) is 65.0 cm³/mol. The fraction of sp³-hybridized carbons (Fsp3) is 0.364. The number of aromatic amines is 1. The van der Waals surface area contributed by atoms with Gasteiger partial charge in [0.05, 0.1) is 5.69 Å². The van der Waals surface area contributed by atoms with Crippen molar-refractivity contribution in [1.29, 1.82) is 0 Å². The molecule has 17 heavy (non-hydrogen) atoms. The van der Waals surface area contributed by atoms with Crippen molar-refractivity contribution < 1.29 is 0 Å². The summed E-state index contributed by atoms with van der Waals surface area (Å²) in [7, 11) is 0. The van der Waals surface area contributed by atoms with Crippen molar-refractivity contribution in [3.05, 3.63) is 43.7 Å². The van der Waals surface area contributed by atoms with Crippen LogP contribution in [-0.4, -0.2) is 14.5 Å². The third-order valence-electron chi connectivity index (χ3n) is 2.86. The van der Waals surface area contributed by atoms with Gasteiger partial charge in [-0.15, -0.1) is 11.3 Å². The first-order valence-corrected chi connectivity index (χ1v) is 6.36. The zero-order chi connectivity index (χ0) is 11.8. The van der Waals surface area contributed by atoms with Crippen molar-refractivity contribution in [1.82, 2.24) is 14.5 Å². The maximum Gasteiger partial charge on any atom is 0.334 e. The fourth-order valence-corrected chi connectivity index (χ4v) is 3.14. The Labute approximate surface area is 101 Å². The smallest absolute Gasteiger partial charge is 0.274 e. The third-order valence-corrected chi connectivity index (χ3v) is 4.02. The van der Waals surface area contributed by atoms with Crippen molar-refractivity contribution in [2.45, 2.75) is 25.7 Å². The molecule has 1 aliphatic rings. The highest BCUT2D eigenvalue weighted by atomic mass is 32.1. The van der Waals surface area contributed by atoms with Crippen molar-refractivity contribution in [2.75, 3.05) is 0 Å². The normalized spacial score (nSPS) is 14.6. The minimum atomic E-state index is -0.427. The van der Waals surface area contributed by atoms with Crippen molar-refractivity contribution in [3.8, 4) is 5.13 Å². The number of hydrogen-bond acceptors (Lipinski definition) is 4. The van der Waals surface area contributed by atoms with Crippen LogP contribution in [0.1, 0.15) is 23.4 Å². The molecular weight excluding hydrogens is 238 g/mol. The highest BCUT2D eigenvalue weighted by Crippen LogP contribution is 2.27. The maximum absolute atomic E-state index is 11.6. The molecule has 3 rings (SSSR count). The Kier molecular flexibility index (Phi) is 2.44. The average Bonchev–Trinajstić information content (AvgIpc) is 2.72. The van der Waals surface area contributed by atoms with Crippen LogP contribution in [0.4, 0.5) is 0 Å². The third kappa shape index (κ3) is 1.84. The van der Waals surface area contributed by atoms with E-state index in [1.54, 1.807) is 0 Å². The second-order valence-corrected chi connectivity index (χ2v) is 5.12. The Hall–Kier alpha value is -1.69. The van der Waals surface area contributed by atoms with Gasteiger partial charge >= 0.3 is 5.69 Å². The predicted octanol–water partition coefficient (Wildman–Crippen LogP) is 0.861. The largest absolute Gasteiger partial charge is 0.334 e. The zero-order valence-corrected chi connectivity index (χ0v) is 9.92. The Morgan fingerprint density at radius 2 is 2.12 bits per heavy atom. The van der Waals surface area contributed by atoms with Crippen LogP contribution in [-0.2, 0) is 12.8 Å². The van der Waals surface area contributed by atoms with Crippen LogP contribution in [0.15, 0.2) is 21.9 Å². The molecule has 1 aliphatic carbocycles. The number of thiazole rings is 1. The number of hydrogen-bond donors (Lipinski definition) is 1. The van der Waals surface area contributed by atoms with Gasteiger partial charge in [-0.3, -0.25) is 9.78 Å². The highest BCUT2D eigenvalue weighted by Gasteiger charge is 2.16. The van der Waals surface area contributed by atoms with Crippen LogP contribution in [0.25, 0.3) is 5.13 Å². The van der Waals surface area contributed by atoms with Crippen molar-refractivity contribution >= 4 is 11.3 Å². The molecule has 2 heterocycles. The van der Waals surface area contributed by atoms with Crippen LogP contribution in [0.5, 0.6) is 0 Å². The van der Waals surface area contributed by atoms with Gasteiger partial charge in [0, 0.05) is 17.1 Å². The van der Waals surface area contributed by atoms with Crippen LogP contribution >= 0.6 is 11.3 Å². The van der Waals surface area contributed by atoms with Gasteiger partial charge in [-0.25, -0.2) is 14.3 Å². The molecule has 5 nitrogen and oxygen atoms in total. The molecule has 0 aromatic carbocycles. The van der Waals surface area contributed by atoms with Gasteiger partial charge in [0.15, 0.2) is 5.13 Å². The lowest BCUT2D eigenvalue weighted by Gasteiger charge is -2.06.